The molecule has 2 N–H and O–H groups in total. The molecule has 1 atom stereocenters. The third kappa shape index (κ3) is 8.08. The lowest BCUT2D eigenvalue weighted by atomic mass is 10.1. The molecule has 3 nitrogen and oxygen atoms in total. The topological polar surface area (TPSA) is 35.5 Å². The number of rotatable bonds is 9. The van der Waals surface area contributed by atoms with Crippen molar-refractivity contribution in [2.24, 2.45) is 0 Å². The van der Waals surface area contributed by atoms with Gasteiger partial charge in [-0.1, -0.05) is 27.7 Å². The Bertz CT molecular complexity index is 163. The van der Waals surface area contributed by atoms with Crippen LogP contribution >= 0.6 is 0 Å². The first kappa shape index (κ1) is 15.9. The Hall–Kier alpha value is -0.120. The van der Waals surface area contributed by atoms with Crippen LogP contribution in [0.25, 0.3) is 0 Å². The summed E-state index contributed by atoms with van der Waals surface area (Å²) in [5.74, 6) is 0. The predicted octanol–water partition coefficient (Wildman–Crippen LogP) is 1.86. The van der Waals surface area contributed by atoms with E-state index in [1.54, 1.807) is 0 Å². The van der Waals surface area contributed by atoms with Gasteiger partial charge in [-0.05, 0) is 32.9 Å². The molecular formula is C13H30N2O. The van der Waals surface area contributed by atoms with Crippen LogP contribution in [0.1, 0.15) is 47.5 Å². The van der Waals surface area contributed by atoms with Crippen molar-refractivity contribution in [3.8, 4) is 0 Å². The van der Waals surface area contributed by atoms with Crippen molar-refractivity contribution in [2.45, 2.75) is 59.1 Å². The van der Waals surface area contributed by atoms with E-state index in [2.05, 4.69) is 37.9 Å². The zero-order chi connectivity index (χ0) is 12.6. The Morgan fingerprint density at radius 2 is 1.69 bits per heavy atom. The molecule has 0 rings (SSSR count). The van der Waals surface area contributed by atoms with Crippen LogP contribution in [0.5, 0.6) is 0 Å². The number of nitrogens with zero attached hydrogens (tertiary/aromatic N) is 1. The normalized spacial score (nSPS) is 15.8. The van der Waals surface area contributed by atoms with Crippen LogP contribution in [-0.2, 0) is 0 Å². The van der Waals surface area contributed by atoms with Gasteiger partial charge in [0, 0.05) is 19.1 Å². The first-order valence-corrected chi connectivity index (χ1v) is 6.59. The third-order valence-electron chi connectivity index (χ3n) is 2.54. The number of aliphatic hydroxyl groups is 1. The standard InChI is InChI=1S/C13H30N2O/c1-6-8-15(9-7-2)11-13(5,16)10-14-12(3)4/h12,14,16H,6-11H2,1-5H3. The highest BCUT2D eigenvalue weighted by atomic mass is 16.3. The lowest BCUT2D eigenvalue weighted by Gasteiger charge is -2.32. The van der Waals surface area contributed by atoms with E-state index >= 15 is 0 Å². The van der Waals surface area contributed by atoms with Gasteiger partial charge in [0.05, 0.1) is 5.60 Å². The van der Waals surface area contributed by atoms with Gasteiger partial charge in [-0.3, -0.25) is 0 Å². The Labute approximate surface area is 101 Å². The van der Waals surface area contributed by atoms with E-state index in [1.165, 1.54) is 0 Å². The highest BCUT2D eigenvalue weighted by Gasteiger charge is 2.23. The minimum Gasteiger partial charge on any atom is -0.388 e. The molecule has 0 aliphatic heterocycles. The monoisotopic (exact) mass is 230 g/mol. The minimum atomic E-state index is -0.630. The summed E-state index contributed by atoms with van der Waals surface area (Å²) >= 11 is 0. The van der Waals surface area contributed by atoms with E-state index in [0.29, 0.717) is 12.6 Å². The molecule has 0 aliphatic rings. The molecule has 3 heteroatoms. The molecule has 0 aliphatic carbocycles. The largest absolute Gasteiger partial charge is 0.388 e. The number of hydrogen-bond acceptors (Lipinski definition) is 3. The molecular weight excluding hydrogens is 200 g/mol. The van der Waals surface area contributed by atoms with Crippen molar-refractivity contribution in [1.29, 1.82) is 0 Å². The first-order valence-electron chi connectivity index (χ1n) is 6.59. The molecule has 0 bridgehead atoms. The van der Waals surface area contributed by atoms with Crippen molar-refractivity contribution in [2.75, 3.05) is 26.2 Å². The maximum Gasteiger partial charge on any atom is 0.0869 e. The van der Waals surface area contributed by atoms with Crippen molar-refractivity contribution in [3.63, 3.8) is 0 Å². The summed E-state index contributed by atoms with van der Waals surface area (Å²) in [6.45, 7) is 14.1. The van der Waals surface area contributed by atoms with Crippen LogP contribution in [0.2, 0.25) is 0 Å². The van der Waals surface area contributed by atoms with Crippen molar-refractivity contribution in [1.82, 2.24) is 10.2 Å². The smallest absolute Gasteiger partial charge is 0.0869 e. The third-order valence-corrected chi connectivity index (χ3v) is 2.54. The fourth-order valence-corrected chi connectivity index (χ4v) is 1.86. The molecule has 0 aromatic heterocycles. The van der Waals surface area contributed by atoms with E-state index in [0.717, 1.165) is 32.5 Å². The van der Waals surface area contributed by atoms with Gasteiger partial charge in [0.25, 0.3) is 0 Å². The molecule has 0 amide bonds. The van der Waals surface area contributed by atoms with Crippen molar-refractivity contribution < 1.29 is 5.11 Å². The zero-order valence-corrected chi connectivity index (χ0v) is 11.7. The van der Waals surface area contributed by atoms with Gasteiger partial charge in [0.1, 0.15) is 0 Å². The maximum absolute atomic E-state index is 10.3. The quantitative estimate of drug-likeness (QED) is 0.634. The van der Waals surface area contributed by atoms with Gasteiger partial charge in [0.15, 0.2) is 0 Å². The molecule has 0 aromatic rings. The number of hydrogen-bond donors (Lipinski definition) is 2. The zero-order valence-electron chi connectivity index (χ0n) is 11.7. The molecule has 1 unspecified atom stereocenters. The maximum atomic E-state index is 10.3. The van der Waals surface area contributed by atoms with Crippen LogP contribution in [-0.4, -0.2) is 47.8 Å². The molecule has 0 aromatic carbocycles. The van der Waals surface area contributed by atoms with Gasteiger partial charge in [0.2, 0.25) is 0 Å². The van der Waals surface area contributed by atoms with Gasteiger partial charge >= 0.3 is 0 Å². The van der Waals surface area contributed by atoms with Crippen LogP contribution in [0.4, 0.5) is 0 Å². The molecule has 98 valence electrons. The molecule has 0 saturated heterocycles. The second-order valence-corrected chi connectivity index (χ2v) is 5.31. The summed E-state index contributed by atoms with van der Waals surface area (Å²) < 4.78 is 0. The lowest BCUT2D eigenvalue weighted by Crippen LogP contribution is -2.49. The van der Waals surface area contributed by atoms with Crippen LogP contribution in [0, 0.1) is 0 Å². The van der Waals surface area contributed by atoms with Crippen LogP contribution < -0.4 is 5.32 Å². The summed E-state index contributed by atoms with van der Waals surface area (Å²) in [6, 6.07) is 0.428. The lowest BCUT2D eigenvalue weighted by molar-refractivity contribution is 0.0186. The average molecular weight is 230 g/mol. The molecule has 0 heterocycles. The van der Waals surface area contributed by atoms with Crippen molar-refractivity contribution in [3.05, 3.63) is 0 Å². The van der Waals surface area contributed by atoms with Gasteiger partial charge in [-0.2, -0.15) is 0 Å². The fourth-order valence-electron chi connectivity index (χ4n) is 1.86. The summed E-state index contributed by atoms with van der Waals surface area (Å²) in [5, 5.41) is 13.6. The van der Waals surface area contributed by atoms with Crippen LogP contribution in [0.3, 0.4) is 0 Å². The van der Waals surface area contributed by atoms with E-state index in [1.807, 2.05) is 6.92 Å². The first-order chi connectivity index (χ1) is 7.41. The molecule has 0 radical (unpaired) electrons. The van der Waals surface area contributed by atoms with Crippen LogP contribution in [0.15, 0.2) is 0 Å². The fraction of sp³-hybridized carbons (Fsp3) is 1.00. The van der Waals surface area contributed by atoms with E-state index in [-0.39, 0.29) is 0 Å². The molecule has 16 heavy (non-hydrogen) atoms. The summed E-state index contributed by atoms with van der Waals surface area (Å²) in [4.78, 5) is 2.35. The Kier molecular flexibility index (Phi) is 7.98. The molecule has 0 spiro atoms. The van der Waals surface area contributed by atoms with E-state index in [9.17, 15) is 5.11 Å². The van der Waals surface area contributed by atoms with Gasteiger partial charge < -0.3 is 15.3 Å². The Morgan fingerprint density at radius 1 is 1.19 bits per heavy atom. The van der Waals surface area contributed by atoms with E-state index < -0.39 is 5.60 Å². The Balaban J connectivity index is 4.06. The molecule has 0 saturated carbocycles. The average Bonchev–Trinajstić information content (AvgIpc) is 2.15. The summed E-state index contributed by atoms with van der Waals surface area (Å²) in [5.41, 5.74) is -0.630. The summed E-state index contributed by atoms with van der Waals surface area (Å²) in [7, 11) is 0. The predicted molar refractivity (Wildman–Crippen MR) is 70.8 cm³/mol. The van der Waals surface area contributed by atoms with E-state index in [4.69, 9.17) is 0 Å². The second-order valence-electron chi connectivity index (χ2n) is 5.31. The SMILES string of the molecule is CCCN(CCC)CC(C)(O)CNC(C)C. The summed E-state index contributed by atoms with van der Waals surface area (Å²) in [6.07, 6.45) is 2.29. The van der Waals surface area contributed by atoms with Crippen molar-refractivity contribution >= 4 is 0 Å². The van der Waals surface area contributed by atoms with Gasteiger partial charge in [-0.25, -0.2) is 0 Å². The Morgan fingerprint density at radius 3 is 2.06 bits per heavy atom. The highest BCUT2D eigenvalue weighted by Crippen LogP contribution is 2.07. The minimum absolute atomic E-state index is 0.428. The highest BCUT2D eigenvalue weighted by molar-refractivity contribution is 4.80. The number of nitrogens with one attached hydrogen (secondary N) is 1. The molecule has 0 fully saturated rings. The van der Waals surface area contributed by atoms with Gasteiger partial charge in [-0.15, -0.1) is 0 Å². The second kappa shape index (κ2) is 8.04.